The van der Waals surface area contributed by atoms with Gasteiger partial charge < -0.3 is 5.32 Å². The summed E-state index contributed by atoms with van der Waals surface area (Å²) in [5.74, 6) is -0.349. The Balaban J connectivity index is 3.29. The lowest BCUT2D eigenvalue weighted by Gasteiger charge is -2.26. The van der Waals surface area contributed by atoms with Crippen LogP contribution in [0.4, 0.5) is 5.69 Å². The van der Waals surface area contributed by atoms with Crippen molar-refractivity contribution in [3.8, 4) is 0 Å². The van der Waals surface area contributed by atoms with Crippen LogP contribution in [0.3, 0.4) is 0 Å². The summed E-state index contributed by atoms with van der Waals surface area (Å²) >= 11 is 0. The molecule has 1 aromatic rings. The summed E-state index contributed by atoms with van der Waals surface area (Å²) in [5, 5.41) is 2.62. The van der Waals surface area contributed by atoms with E-state index in [1.54, 1.807) is 6.08 Å². The first kappa shape index (κ1) is 18.2. The van der Waals surface area contributed by atoms with Crippen molar-refractivity contribution in [2.75, 3.05) is 23.7 Å². The van der Waals surface area contributed by atoms with Crippen LogP contribution < -0.4 is 9.62 Å². The van der Waals surface area contributed by atoms with Gasteiger partial charge in [-0.15, -0.1) is 6.58 Å². The predicted molar refractivity (Wildman–Crippen MR) is 90.6 cm³/mol. The molecule has 1 aromatic carbocycles. The molecule has 5 nitrogen and oxygen atoms in total. The molecule has 1 amide bonds. The van der Waals surface area contributed by atoms with Crippen LogP contribution in [0.2, 0.25) is 0 Å². The lowest BCUT2D eigenvalue weighted by molar-refractivity contribution is -0.119. The van der Waals surface area contributed by atoms with Gasteiger partial charge >= 0.3 is 0 Å². The molecule has 1 rings (SSSR count). The van der Waals surface area contributed by atoms with E-state index >= 15 is 0 Å². The molecule has 0 radical (unpaired) electrons. The molecular formula is C16H24N2O3S. The summed E-state index contributed by atoms with van der Waals surface area (Å²) in [6, 6.07) is 5.71. The Bertz CT molecular complexity index is 617. The van der Waals surface area contributed by atoms with Crippen molar-refractivity contribution in [1.29, 1.82) is 0 Å². The van der Waals surface area contributed by atoms with Crippen LogP contribution >= 0.6 is 0 Å². The average molecular weight is 324 g/mol. The first-order chi connectivity index (χ1) is 10.3. The number of nitrogens with zero attached hydrogens (tertiary/aromatic N) is 1. The predicted octanol–water partition coefficient (Wildman–Crippen LogP) is 1.88. The number of amides is 1. The number of rotatable bonds is 8. The first-order valence-electron chi connectivity index (χ1n) is 7.31. The summed E-state index contributed by atoms with van der Waals surface area (Å²) in [5.41, 5.74) is 2.46. The van der Waals surface area contributed by atoms with E-state index in [1.807, 2.05) is 32.0 Å². The number of hydrogen-bond donors (Lipinski definition) is 1. The molecule has 0 heterocycles. The zero-order valence-corrected chi connectivity index (χ0v) is 14.2. The Hall–Kier alpha value is -1.82. The number of carbonyl (C=O) groups excluding carboxylic acids is 1. The molecule has 0 bridgehead atoms. The van der Waals surface area contributed by atoms with E-state index in [9.17, 15) is 13.2 Å². The third kappa shape index (κ3) is 4.59. The van der Waals surface area contributed by atoms with Crippen LogP contribution in [-0.4, -0.2) is 33.7 Å². The van der Waals surface area contributed by atoms with E-state index in [0.717, 1.165) is 17.4 Å². The molecule has 22 heavy (non-hydrogen) atoms. The van der Waals surface area contributed by atoms with E-state index in [0.29, 0.717) is 25.1 Å². The second-order valence-corrected chi connectivity index (χ2v) is 6.90. The summed E-state index contributed by atoms with van der Waals surface area (Å²) in [7, 11) is -3.56. The lowest BCUT2D eigenvalue weighted by atomic mass is 10.0. The molecular weight excluding hydrogens is 300 g/mol. The van der Waals surface area contributed by atoms with Crippen LogP contribution in [0.15, 0.2) is 30.9 Å². The van der Waals surface area contributed by atoms with Gasteiger partial charge in [-0.3, -0.25) is 9.10 Å². The molecule has 0 unspecified atom stereocenters. The van der Waals surface area contributed by atoms with E-state index in [1.165, 1.54) is 4.31 Å². The number of carbonyl (C=O) groups is 1. The molecule has 0 atom stereocenters. The van der Waals surface area contributed by atoms with Crippen molar-refractivity contribution in [2.45, 2.75) is 26.7 Å². The number of nitrogens with one attached hydrogen (secondary N) is 1. The van der Waals surface area contributed by atoms with E-state index in [-0.39, 0.29) is 12.5 Å². The second-order valence-electron chi connectivity index (χ2n) is 4.99. The number of para-hydroxylation sites is 1. The SMILES string of the molecule is C=CCNC(=O)CN(c1c(CC)cccc1CC)S(C)(=O)=O. The molecule has 0 aromatic heterocycles. The van der Waals surface area contributed by atoms with Crippen LogP contribution in [-0.2, 0) is 27.7 Å². The summed E-state index contributed by atoms with van der Waals surface area (Å²) in [6.45, 7) is 7.55. The van der Waals surface area contributed by atoms with Crippen LogP contribution in [0.1, 0.15) is 25.0 Å². The summed E-state index contributed by atoms with van der Waals surface area (Å²) < 4.78 is 25.6. The molecule has 0 aliphatic heterocycles. The Kier molecular flexibility index (Phi) is 6.61. The summed E-state index contributed by atoms with van der Waals surface area (Å²) in [4.78, 5) is 12.0. The van der Waals surface area contributed by atoms with Gasteiger partial charge in [0.05, 0.1) is 11.9 Å². The van der Waals surface area contributed by atoms with Crippen molar-refractivity contribution in [1.82, 2.24) is 5.32 Å². The minimum Gasteiger partial charge on any atom is -0.351 e. The highest BCUT2D eigenvalue weighted by Gasteiger charge is 2.24. The maximum atomic E-state index is 12.2. The zero-order chi connectivity index (χ0) is 16.8. The first-order valence-corrected chi connectivity index (χ1v) is 9.16. The number of hydrogen-bond acceptors (Lipinski definition) is 3. The van der Waals surface area contributed by atoms with Crippen molar-refractivity contribution in [3.05, 3.63) is 42.0 Å². The molecule has 0 aliphatic rings. The molecule has 0 saturated carbocycles. The Labute approximate surface area is 133 Å². The fourth-order valence-corrected chi connectivity index (χ4v) is 3.19. The number of sulfonamides is 1. The van der Waals surface area contributed by atoms with Crippen molar-refractivity contribution < 1.29 is 13.2 Å². The van der Waals surface area contributed by atoms with Crippen LogP contribution in [0, 0.1) is 0 Å². The maximum Gasteiger partial charge on any atom is 0.241 e. The smallest absolute Gasteiger partial charge is 0.241 e. The van der Waals surface area contributed by atoms with Crippen molar-refractivity contribution >= 4 is 21.6 Å². The zero-order valence-electron chi connectivity index (χ0n) is 13.4. The van der Waals surface area contributed by atoms with Gasteiger partial charge in [-0.25, -0.2) is 8.42 Å². The monoisotopic (exact) mass is 324 g/mol. The minimum atomic E-state index is -3.56. The standard InChI is InChI=1S/C16H24N2O3S/c1-5-11-17-15(19)12-18(22(4,20)21)16-13(6-2)9-8-10-14(16)7-3/h5,8-10H,1,6-7,11-12H2,2-4H3,(H,17,19). The van der Waals surface area contributed by atoms with Crippen molar-refractivity contribution in [3.63, 3.8) is 0 Å². The van der Waals surface area contributed by atoms with E-state index in [4.69, 9.17) is 0 Å². The highest BCUT2D eigenvalue weighted by Crippen LogP contribution is 2.28. The third-order valence-corrected chi connectivity index (χ3v) is 4.46. The third-order valence-electron chi connectivity index (χ3n) is 3.35. The molecule has 0 saturated heterocycles. The molecule has 122 valence electrons. The largest absolute Gasteiger partial charge is 0.351 e. The van der Waals surface area contributed by atoms with Crippen LogP contribution in [0.25, 0.3) is 0 Å². The second kappa shape index (κ2) is 7.98. The van der Waals surface area contributed by atoms with Crippen molar-refractivity contribution in [2.24, 2.45) is 0 Å². The Morgan fingerprint density at radius 1 is 1.27 bits per heavy atom. The minimum absolute atomic E-state index is 0.226. The van der Waals surface area contributed by atoms with Gasteiger partial charge in [0.2, 0.25) is 15.9 Å². The van der Waals surface area contributed by atoms with Gasteiger partial charge in [0.25, 0.3) is 0 Å². The maximum absolute atomic E-state index is 12.2. The van der Waals surface area contributed by atoms with E-state index < -0.39 is 10.0 Å². The van der Waals surface area contributed by atoms with Crippen LogP contribution in [0.5, 0.6) is 0 Å². The van der Waals surface area contributed by atoms with Gasteiger partial charge in [-0.1, -0.05) is 38.1 Å². The quantitative estimate of drug-likeness (QED) is 0.743. The van der Waals surface area contributed by atoms with Gasteiger partial charge in [0.15, 0.2) is 0 Å². The number of aryl methyl sites for hydroxylation is 2. The average Bonchev–Trinajstić information content (AvgIpc) is 2.48. The molecule has 1 N–H and O–H groups in total. The molecule has 0 fully saturated rings. The molecule has 6 heteroatoms. The normalized spacial score (nSPS) is 11.0. The van der Waals surface area contributed by atoms with E-state index in [2.05, 4.69) is 11.9 Å². The number of anilines is 1. The molecule has 0 spiro atoms. The summed E-state index contributed by atoms with van der Waals surface area (Å²) in [6.07, 6.45) is 4.08. The van der Waals surface area contributed by atoms with Gasteiger partial charge in [0.1, 0.15) is 6.54 Å². The highest BCUT2D eigenvalue weighted by atomic mass is 32.2. The Morgan fingerprint density at radius 3 is 2.23 bits per heavy atom. The van der Waals surface area contributed by atoms with Gasteiger partial charge in [-0.05, 0) is 24.0 Å². The highest BCUT2D eigenvalue weighted by molar-refractivity contribution is 7.92. The lowest BCUT2D eigenvalue weighted by Crippen LogP contribution is -2.41. The van der Waals surface area contributed by atoms with Gasteiger partial charge in [0, 0.05) is 6.54 Å². The number of benzene rings is 1. The topological polar surface area (TPSA) is 66.5 Å². The fraction of sp³-hybridized carbons (Fsp3) is 0.438. The molecule has 0 aliphatic carbocycles. The van der Waals surface area contributed by atoms with Gasteiger partial charge in [-0.2, -0.15) is 0 Å². The fourth-order valence-electron chi connectivity index (χ4n) is 2.27. The Morgan fingerprint density at radius 2 is 1.82 bits per heavy atom.